The topological polar surface area (TPSA) is 149 Å². The SMILES string of the molecule is CCC=CCC=CCC=CCC=CCC=CCC=CCCC(=O)OC(COC(=O)CCC=CCC=CCC=CCCCCCCCCC)COP(=O)(O)OCC(O)CO. The zero-order valence-corrected chi connectivity index (χ0v) is 37.1. The molecule has 10 nitrogen and oxygen atoms in total. The minimum absolute atomic E-state index is 0.0391. The van der Waals surface area contributed by atoms with Crippen LogP contribution in [0.1, 0.15) is 142 Å². The maximum absolute atomic E-state index is 12.6. The van der Waals surface area contributed by atoms with Gasteiger partial charge >= 0.3 is 19.8 Å². The van der Waals surface area contributed by atoms with Crippen molar-refractivity contribution in [3.8, 4) is 0 Å². The van der Waals surface area contributed by atoms with Crippen LogP contribution in [0.5, 0.6) is 0 Å². The number of unbranched alkanes of at least 4 members (excludes halogenated alkanes) is 7. The number of rotatable bonds is 39. The fourth-order valence-corrected chi connectivity index (χ4v) is 5.90. The maximum Gasteiger partial charge on any atom is 0.472 e. The molecular weight excluding hydrogens is 767 g/mol. The zero-order chi connectivity index (χ0) is 43.3. The summed E-state index contributed by atoms with van der Waals surface area (Å²) in [4.78, 5) is 34.9. The van der Waals surface area contributed by atoms with Crippen molar-refractivity contribution in [2.75, 3.05) is 26.4 Å². The minimum Gasteiger partial charge on any atom is -0.462 e. The van der Waals surface area contributed by atoms with Gasteiger partial charge in [-0.05, 0) is 77.0 Å². The molecule has 59 heavy (non-hydrogen) atoms. The molecular formula is C48H77O10P. The van der Waals surface area contributed by atoms with Gasteiger partial charge in [-0.25, -0.2) is 4.57 Å². The normalized spacial score (nSPS) is 14.9. The zero-order valence-electron chi connectivity index (χ0n) is 36.2. The number of carbonyl (C=O) groups excluding carboxylic acids is 2. The highest BCUT2D eigenvalue weighted by atomic mass is 31.2. The van der Waals surface area contributed by atoms with Gasteiger partial charge in [-0.15, -0.1) is 0 Å². The second kappa shape index (κ2) is 42.7. The lowest BCUT2D eigenvalue weighted by atomic mass is 10.1. The number of ether oxygens (including phenoxy) is 2. The molecule has 0 heterocycles. The fourth-order valence-electron chi connectivity index (χ4n) is 5.11. The molecule has 0 radical (unpaired) electrons. The van der Waals surface area contributed by atoms with Crippen LogP contribution in [0.4, 0.5) is 0 Å². The van der Waals surface area contributed by atoms with E-state index in [0.29, 0.717) is 19.3 Å². The van der Waals surface area contributed by atoms with E-state index in [4.69, 9.17) is 19.1 Å². The second-order valence-electron chi connectivity index (χ2n) is 14.0. The van der Waals surface area contributed by atoms with Gasteiger partial charge in [-0.1, -0.05) is 162 Å². The Balaban J connectivity index is 4.54. The molecule has 0 rings (SSSR count). The summed E-state index contributed by atoms with van der Waals surface area (Å²) in [5, 5.41) is 18.3. The van der Waals surface area contributed by atoms with Gasteiger partial charge in [0, 0.05) is 12.8 Å². The van der Waals surface area contributed by atoms with Gasteiger partial charge in [-0.3, -0.25) is 18.6 Å². The van der Waals surface area contributed by atoms with Crippen LogP contribution in [0.2, 0.25) is 0 Å². The van der Waals surface area contributed by atoms with E-state index in [1.807, 2.05) is 24.3 Å². The van der Waals surface area contributed by atoms with Crippen LogP contribution in [0.15, 0.2) is 109 Å². The number of esters is 2. The van der Waals surface area contributed by atoms with Gasteiger partial charge in [0.05, 0.1) is 19.8 Å². The molecule has 3 N–H and O–H groups in total. The van der Waals surface area contributed by atoms with Crippen molar-refractivity contribution in [1.82, 2.24) is 0 Å². The summed E-state index contributed by atoms with van der Waals surface area (Å²) in [5.74, 6) is -1.12. The molecule has 0 bridgehead atoms. The quantitative estimate of drug-likeness (QED) is 0.0236. The summed E-state index contributed by atoms with van der Waals surface area (Å²) in [7, 11) is -4.66. The van der Waals surface area contributed by atoms with Gasteiger partial charge in [0.2, 0.25) is 0 Å². The molecule has 0 aliphatic heterocycles. The maximum atomic E-state index is 12.6. The van der Waals surface area contributed by atoms with Gasteiger partial charge in [-0.2, -0.15) is 0 Å². The van der Waals surface area contributed by atoms with Crippen molar-refractivity contribution in [2.45, 2.75) is 154 Å². The standard InChI is InChI=1S/C48H77O10P/c1-3-5-7-9-11-13-15-17-19-21-22-24-26-28-30-32-34-36-38-40-48(52)58-46(44-57-59(53,54)56-42-45(50)41-49)43-55-47(51)39-37-35-33-31-29-27-25-23-20-18-16-14-12-10-8-6-4-2/h5,7,11,13,17,19-20,22-24,27-30,33-36,45-46,49-50H,3-4,6,8-10,12,14-16,18,21,25-26,31-32,37-44H2,1-2H3,(H,53,54). The second-order valence-corrected chi connectivity index (χ2v) is 15.4. The summed E-state index contributed by atoms with van der Waals surface area (Å²) in [6.07, 6.45) is 53.7. The molecule has 0 saturated carbocycles. The third-order valence-corrected chi connectivity index (χ3v) is 9.39. The number of allylic oxidation sites excluding steroid dienone is 18. The molecule has 0 aromatic heterocycles. The lowest BCUT2D eigenvalue weighted by molar-refractivity contribution is -0.161. The molecule has 3 unspecified atom stereocenters. The number of hydrogen-bond donors (Lipinski definition) is 3. The van der Waals surface area contributed by atoms with Crippen LogP contribution >= 0.6 is 7.82 Å². The van der Waals surface area contributed by atoms with E-state index in [-0.39, 0.29) is 19.4 Å². The number of phosphoric acid groups is 1. The van der Waals surface area contributed by atoms with Crippen LogP contribution in [0.25, 0.3) is 0 Å². The molecule has 0 aromatic carbocycles. The summed E-state index contributed by atoms with van der Waals surface area (Å²) >= 11 is 0. The van der Waals surface area contributed by atoms with E-state index in [0.717, 1.165) is 51.4 Å². The third-order valence-electron chi connectivity index (χ3n) is 8.44. The van der Waals surface area contributed by atoms with Crippen LogP contribution in [0, 0.1) is 0 Å². The molecule has 334 valence electrons. The number of aliphatic hydroxyl groups excluding tert-OH is 2. The Hall–Kier alpha value is -3.37. The van der Waals surface area contributed by atoms with E-state index in [9.17, 15) is 24.2 Å². The Morgan fingerprint density at radius 2 is 0.932 bits per heavy atom. The molecule has 0 aliphatic carbocycles. The fraction of sp³-hybridized carbons (Fsp3) is 0.583. The van der Waals surface area contributed by atoms with Crippen molar-refractivity contribution in [3.05, 3.63) is 109 Å². The minimum atomic E-state index is -4.66. The summed E-state index contributed by atoms with van der Waals surface area (Å²) in [6, 6.07) is 0. The number of carbonyl (C=O) groups is 2. The predicted molar refractivity (Wildman–Crippen MR) is 242 cm³/mol. The highest BCUT2D eigenvalue weighted by Crippen LogP contribution is 2.43. The number of hydrogen-bond acceptors (Lipinski definition) is 9. The molecule has 11 heteroatoms. The third kappa shape index (κ3) is 42.6. The highest BCUT2D eigenvalue weighted by molar-refractivity contribution is 7.47. The first-order chi connectivity index (χ1) is 28.7. The lowest BCUT2D eigenvalue weighted by Crippen LogP contribution is -2.29. The summed E-state index contributed by atoms with van der Waals surface area (Å²) < 4.78 is 32.5. The van der Waals surface area contributed by atoms with Crippen molar-refractivity contribution >= 4 is 19.8 Å². The van der Waals surface area contributed by atoms with Crippen LogP contribution < -0.4 is 0 Å². The summed E-state index contributed by atoms with van der Waals surface area (Å²) in [6.45, 7) is 2.08. The molecule has 0 saturated heterocycles. The smallest absolute Gasteiger partial charge is 0.462 e. The Labute approximate surface area is 356 Å². The Kier molecular flexibility index (Phi) is 40.3. The molecule has 3 atom stereocenters. The van der Waals surface area contributed by atoms with Crippen molar-refractivity contribution in [1.29, 1.82) is 0 Å². The summed E-state index contributed by atoms with van der Waals surface area (Å²) in [5.41, 5.74) is 0. The van der Waals surface area contributed by atoms with E-state index >= 15 is 0 Å². The predicted octanol–water partition coefficient (Wildman–Crippen LogP) is 11.8. The van der Waals surface area contributed by atoms with Crippen molar-refractivity contribution < 1.29 is 47.8 Å². The first-order valence-electron chi connectivity index (χ1n) is 21.8. The Bertz CT molecular complexity index is 1340. The average Bonchev–Trinajstić information content (AvgIpc) is 3.22. The van der Waals surface area contributed by atoms with E-state index in [1.165, 1.54) is 44.9 Å². The van der Waals surface area contributed by atoms with Crippen LogP contribution in [-0.4, -0.2) is 65.7 Å². The largest absolute Gasteiger partial charge is 0.472 e. The molecule has 0 aromatic rings. The van der Waals surface area contributed by atoms with Crippen molar-refractivity contribution in [2.24, 2.45) is 0 Å². The van der Waals surface area contributed by atoms with E-state index in [1.54, 1.807) is 0 Å². The Morgan fingerprint density at radius 3 is 1.41 bits per heavy atom. The molecule has 0 aliphatic rings. The van der Waals surface area contributed by atoms with Gasteiger partial charge in [0.25, 0.3) is 0 Å². The van der Waals surface area contributed by atoms with E-state index in [2.05, 4.69) is 103 Å². The number of phosphoric ester groups is 1. The van der Waals surface area contributed by atoms with Crippen LogP contribution in [-0.2, 0) is 32.7 Å². The highest BCUT2D eigenvalue weighted by Gasteiger charge is 2.27. The van der Waals surface area contributed by atoms with E-state index < -0.39 is 51.8 Å². The first kappa shape index (κ1) is 55.6. The molecule has 0 spiro atoms. The Morgan fingerprint density at radius 1 is 0.525 bits per heavy atom. The number of aliphatic hydroxyl groups is 2. The van der Waals surface area contributed by atoms with Gasteiger partial charge in [0.15, 0.2) is 6.10 Å². The molecule has 0 fully saturated rings. The van der Waals surface area contributed by atoms with Gasteiger partial charge in [0.1, 0.15) is 12.7 Å². The van der Waals surface area contributed by atoms with Gasteiger partial charge < -0.3 is 24.6 Å². The van der Waals surface area contributed by atoms with Crippen molar-refractivity contribution in [3.63, 3.8) is 0 Å². The molecule has 0 amide bonds. The first-order valence-corrected chi connectivity index (χ1v) is 23.3. The van der Waals surface area contributed by atoms with Crippen LogP contribution in [0.3, 0.4) is 0 Å². The average molecular weight is 845 g/mol. The monoisotopic (exact) mass is 845 g/mol. The lowest BCUT2D eigenvalue weighted by Gasteiger charge is -2.20.